The molecule has 0 aliphatic heterocycles. The van der Waals surface area contributed by atoms with E-state index in [4.69, 9.17) is 0 Å². The highest BCUT2D eigenvalue weighted by molar-refractivity contribution is 5.14. The van der Waals surface area contributed by atoms with Gasteiger partial charge in [0.25, 0.3) is 0 Å². The molecule has 1 radical (unpaired) electrons. The molecule has 0 saturated carbocycles. The third-order valence-corrected chi connectivity index (χ3v) is 1.04. The lowest BCUT2D eigenvalue weighted by Crippen LogP contribution is -1.53. The van der Waals surface area contributed by atoms with Gasteiger partial charge >= 0.3 is 0 Å². The van der Waals surface area contributed by atoms with Crippen LogP contribution < -0.4 is 0 Å². The van der Waals surface area contributed by atoms with Crippen molar-refractivity contribution in [1.82, 2.24) is 0 Å². The third kappa shape index (κ3) is 2.70. The quantitative estimate of drug-likeness (QED) is 0.457. The van der Waals surface area contributed by atoms with Crippen molar-refractivity contribution in [3.05, 3.63) is 48.6 Å². The molecular formula is C9H9. The highest BCUT2D eigenvalue weighted by atomic mass is 13.8. The predicted molar refractivity (Wildman–Crippen MR) is 39.9 cm³/mol. The van der Waals surface area contributed by atoms with Gasteiger partial charge in [-0.25, -0.2) is 0 Å². The van der Waals surface area contributed by atoms with Crippen LogP contribution in [0.4, 0.5) is 0 Å². The molecule has 0 N–H and O–H groups in total. The fourth-order valence-electron chi connectivity index (χ4n) is 0.605. The summed E-state index contributed by atoms with van der Waals surface area (Å²) in [5.41, 5.74) is 0. The molecule has 0 heteroatoms. The molecule has 0 fully saturated rings. The van der Waals surface area contributed by atoms with Crippen molar-refractivity contribution < 1.29 is 0 Å². The van der Waals surface area contributed by atoms with Gasteiger partial charge in [-0.05, 0) is 12.5 Å². The van der Waals surface area contributed by atoms with Gasteiger partial charge in [-0.3, -0.25) is 0 Å². The second-order valence-corrected chi connectivity index (χ2v) is 1.78. The van der Waals surface area contributed by atoms with E-state index in [0.717, 1.165) is 6.42 Å². The molecule has 1 aliphatic carbocycles. The SMILES string of the molecule is [C]1=C\C=C\C/C=C\C=C/1. The smallest absolute Gasteiger partial charge is 0.0163 e. The summed E-state index contributed by atoms with van der Waals surface area (Å²) >= 11 is 0. The molecule has 1 rings (SSSR count). The van der Waals surface area contributed by atoms with Crippen molar-refractivity contribution in [1.29, 1.82) is 0 Å². The minimum absolute atomic E-state index is 1.02. The van der Waals surface area contributed by atoms with Gasteiger partial charge in [-0.15, -0.1) is 0 Å². The van der Waals surface area contributed by atoms with Crippen molar-refractivity contribution in [3.63, 3.8) is 0 Å². The fourth-order valence-corrected chi connectivity index (χ4v) is 0.605. The monoisotopic (exact) mass is 117 g/mol. The highest BCUT2D eigenvalue weighted by Crippen LogP contribution is 1.90. The predicted octanol–water partition coefficient (Wildman–Crippen LogP) is 2.42. The largest absolute Gasteiger partial charge is 0.0807 e. The molecule has 45 valence electrons. The molecule has 0 spiro atoms. The van der Waals surface area contributed by atoms with Crippen molar-refractivity contribution >= 4 is 0 Å². The van der Waals surface area contributed by atoms with E-state index >= 15 is 0 Å². The Balaban J connectivity index is 2.60. The highest BCUT2D eigenvalue weighted by Gasteiger charge is 1.70. The number of allylic oxidation sites excluding steroid dienone is 8. The lowest BCUT2D eigenvalue weighted by Gasteiger charge is -1.74. The first-order valence-corrected chi connectivity index (χ1v) is 3.06. The van der Waals surface area contributed by atoms with E-state index in [9.17, 15) is 0 Å². The van der Waals surface area contributed by atoms with Crippen LogP contribution in [0.1, 0.15) is 6.42 Å². The van der Waals surface area contributed by atoms with Crippen LogP contribution in [0.15, 0.2) is 42.5 Å². The van der Waals surface area contributed by atoms with Crippen LogP contribution in [0, 0.1) is 6.08 Å². The lowest BCUT2D eigenvalue weighted by molar-refractivity contribution is 1.40. The zero-order valence-corrected chi connectivity index (χ0v) is 5.25. The molecule has 0 bridgehead atoms. The van der Waals surface area contributed by atoms with Crippen molar-refractivity contribution in [3.8, 4) is 0 Å². The second-order valence-electron chi connectivity index (χ2n) is 1.78. The maximum absolute atomic E-state index is 2.98. The average Bonchev–Trinajstić information content (AvgIpc) is 2.00. The number of hydrogen-bond donors (Lipinski definition) is 0. The summed E-state index contributed by atoms with van der Waals surface area (Å²) in [7, 11) is 0. The zero-order valence-electron chi connectivity index (χ0n) is 5.25. The lowest BCUT2D eigenvalue weighted by atomic mass is 10.3. The number of hydrogen-bond acceptors (Lipinski definition) is 0. The molecular weight excluding hydrogens is 108 g/mol. The molecule has 0 atom stereocenters. The van der Waals surface area contributed by atoms with Crippen LogP contribution in [-0.4, -0.2) is 0 Å². The van der Waals surface area contributed by atoms with Crippen molar-refractivity contribution in [2.24, 2.45) is 0 Å². The van der Waals surface area contributed by atoms with E-state index in [2.05, 4.69) is 18.2 Å². The summed E-state index contributed by atoms with van der Waals surface area (Å²) in [5.74, 6) is 0. The molecule has 1 aliphatic rings. The Bertz CT molecular complexity index is 148. The summed E-state index contributed by atoms with van der Waals surface area (Å²) in [4.78, 5) is 0. The standard InChI is InChI=1S/C9H9/c1-2-4-6-8-9-7-5-3-1/h1-4,7-9H,5H2/b3-1-,4-2-,8-6?,9-7+. The summed E-state index contributed by atoms with van der Waals surface area (Å²) in [6.45, 7) is 0. The average molecular weight is 117 g/mol. The molecule has 0 heterocycles. The minimum Gasteiger partial charge on any atom is -0.0807 e. The van der Waals surface area contributed by atoms with Crippen LogP contribution in [0.25, 0.3) is 0 Å². The molecule has 9 heavy (non-hydrogen) atoms. The molecule has 0 aromatic rings. The van der Waals surface area contributed by atoms with E-state index < -0.39 is 0 Å². The van der Waals surface area contributed by atoms with E-state index in [1.807, 2.05) is 30.4 Å². The van der Waals surface area contributed by atoms with E-state index in [-0.39, 0.29) is 0 Å². The Morgan fingerprint density at radius 2 is 1.89 bits per heavy atom. The maximum Gasteiger partial charge on any atom is -0.0163 e. The molecule has 0 nitrogen and oxygen atoms in total. The van der Waals surface area contributed by atoms with Crippen LogP contribution in [0.2, 0.25) is 0 Å². The maximum atomic E-state index is 2.98. The first-order chi connectivity index (χ1) is 4.50. The van der Waals surface area contributed by atoms with Gasteiger partial charge in [-0.2, -0.15) is 0 Å². The van der Waals surface area contributed by atoms with E-state index in [1.54, 1.807) is 0 Å². The third-order valence-electron chi connectivity index (χ3n) is 1.04. The molecule has 0 aromatic carbocycles. The summed E-state index contributed by atoms with van der Waals surface area (Å²) in [6, 6.07) is 0. The summed E-state index contributed by atoms with van der Waals surface area (Å²) in [5, 5.41) is 0. The summed E-state index contributed by atoms with van der Waals surface area (Å²) in [6.07, 6.45) is 18.0. The van der Waals surface area contributed by atoms with E-state index in [1.165, 1.54) is 0 Å². The molecule has 0 saturated heterocycles. The van der Waals surface area contributed by atoms with E-state index in [0.29, 0.717) is 0 Å². The van der Waals surface area contributed by atoms with Crippen LogP contribution in [0.3, 0.4) is 0 Å². The zero-order chi connectivity index (χ0) is 6.36. The van der Waals surface area contributed by atoms with Gasteiger partial charge in [0.05, 0.1) is 0 Å². The summed E-state index contributed by atoms with van der Waals surface area (Å²) < 4.78 is 0. The molecule has 0 amide bonds. The Morgan fingerprint density at radius 3 is 2.89 bits per heavy atom. The normalized spacial score (nSPS) is 31.1. The fraction of sp³-hybridized carbons (Fsp3) is 0.111. The Morgan fingerprint density at radius 1 is 1.00 bits per heavy atom. The van der Waals surface area contributed by atoms with Gasteiger partial charge in [0, 0.05) is 0 Å². The Hall–Kier alpha value is -1.04. The van der Waals surface area contributed by atoms with Crippen LogP contribution in [0.5, 0.6) is 0 Å². The van der Waals surface area contributed by atoms with Gasteiger partial charge < -0.3 is 0 Å². The minimum atomic E-state index is 1.02. The van der Waals surface area contributed by atoms with Crippen molar-refractivity contribution in [2.75, 3.05) is 0 Å². The van der Waals surface area contributed by atoms with Crippen molar-refractivity contribution in [2.45, 2.75) is 6.42 Å². The van der Waals surface area contributed by atoms with Gasteiger partial charge in [0.15, 0.2) is 0 Å². The number of rotatable bonds is 0. The van der Waals surface area contributed by atoms with Gasteiger partial charge in [-0.1, -0.05) is 42.5 Å². The van der Waals surface area contributed by atoms with Crippen LogP contribution in [-0.2, 0) is 0 Å². The Labute approximate surface area is 55.9 Å². The topological polar surface area (TPSA) is 0 Å². The van der Waals surface area contributed by atoms with Crippen LogP contribution >= 0.6 is 0 Å². The first kappa shape index (κ1) is 6.09. The second kappa shape index (κ2) is 3.90. The first-order valence-electron chi connectivity index (χ1n) is 3.06. The molecule has 0 unspecified atom stereocenters. The molecule has 0 aromatic heterocycles. The van der Waals surface area contributed by atoms with Gasteiger partial charge in [0.2, 0.25) is 0 Å². The Kier molecular flexibility index (Phi) is 2.64. The van der Waals surface area contributed by atoms with Gasteiger partial charge in [0.1, 0.15) is 0 Å².